The summed E-state index contributed by atoms with van der Waals surface area (Å²) in [7, 11) is 0. The molecule has 1 heterocycles. The molecule has 1 amide bonds. The lowest BCUT2D eigenvalue weighted by Crippen LogP contribution is -2.60. The van der Waals surface area contributed by atoms with Crippen molar-refractivity contribution in [2.24, 2.45) is 0 Å². The molecule has 11 heteroatoms. The Morgan fingerprint density at radius 1 is 0.515 bits per heavy atom. The van der Waals surface area contributed by atoms with Gasteiger partial charge in [-0.05, 0) is 38.5 Å². The fraction of sp³-hybridized carbons (Fsp3) is 0.945. The van der Waals surface area contributed by atoms with E-state index in [0.29, 0.717) is 12.8 Å². The number of allylic oxidation sites excluding steroid dienone is 2. The van der Waals surface area contributed by atoms with Crippen molar-refractivity contribution >= 4 is 5.91 Å². The fourth-order valence-electron chi connectivity index (χ4n) is 9.21. The Morgan fingerprint density at radius 2 is 0.894 bits per heavy atom. The molecule has 11 nitrogen and oxygen atoms in total. The molecule has 9 unspecified atom stereocenters. The maximum absolute atomic E-state index is 13.1. The molecule has 1 saturated heterocycles. The Bertz CT molecular complexity index is 1080. The van der Waals surface area contributed by atoms with Gasteiger partial charge in [0.2, 0.25) is 5.91 Å². The standard InChI is InChI=1S/C55H107NO10/c1-3-5-7-9-11-13-15-17-18-19-20-21-22-23-24-25-26-27-28-29-30-31-33-34-36-38-40-42-47(58)50(60)46(45-65-55-53(63)52(62)51(61)49(44-57)66-55)56-54(64)48(59)43-41-39-37-35-32-16-14-12-10-8-6-4-2/h34,36,46-53,55,57-63H,3-33,35,37-45H2,1-2H3,(H,56,64)/b36-34+. The second kappa shape index (κ2) is 45.0. The first-order valence-corrected chi connectivity index (χ1v) is 28.1. The van der Waals surface area contributed by atoms with Crippen LogP contribution in [-0.4, -0.2) is 110 Å². The van der Waals surface area contributed by atoms with Crippen molar-refractivity contribution in [2.75, 3.05) is 13.2 Å². The summed E-state index contributed by atoms with van der Waals surface area (Å²) >= 11 is 0. The Labute approximate surface area is 404 Å². The minimum atomic E-state index is -1.66. The van der Waals surface area contributed by atoms with Crippen molar-refractivity contribution in [1.29, 1.82) is 0 Å². The molecule has 1 rings (SSSR count). The zero-order valence-electron chi connectivity index (χ0n) is 42.7. The van der Waals surface area contributed by atoms with Crippen molar-refractivity contribution in [1.82, 2.24) is 5.32 Å². The maximum Gasteiger partial charge on any atom is 0.249 e. The summed E-state index contributed by atoms with van der Waals surface area (Å²) in [5.74, 6) is -0.704. The van der Waals surface area contributed by atoms with E-state index in [1.165, 1.54) is 186 Å². The van der Waals surface area contributed by atoms with E-state index in [9.17, 15) is 40.5 Å². The van der Waals surface area contributed by atoms with Gasteiger partial charge in [-0.2, -0.15) is 0 Å². The van der Waals surface area contributed by atoms with E-state index < -0.39 is 74.2 Å². The number of carbonyl (C=O) groups excluding carboxylic acids is 1. The number of carbonyl (C=O) groups is 1. The summed E-state index contributed by atoms with van der Waals surface area (Å²) in [5.41, 5.74) is 0. The van der Waals surface area contributed by atoms with Gasteiger partial charge in [-0.25, -0.2) is 0 Å². The van der Waals surface area contributed by atoms with Gasteiger partial charge in [-0.15, -0.1) is 0 Å². The summed E-state index contributed by atoms with van der Waals surface area (Å²) in [6.45, 7) is 3.45. The number of hydrogen-bond acceptors (Lipinski definition) is 10. The van der Waals surface area contributed by atoms with Gasteiger partial charge < -0.3 is 50.5 Å². The minimum absolute atomic E-state index is 0.258. The molecule has 8 N–H and O–H groups in total. The number of ether oxygens (including phenoxy) is 2. The van der Waals surface area contributed by atoms with Crippen LogP contribution in [0.5, 0.6) is 0 Å². The molecular formula is C55H107NO10. The van der Waals surface area contributed by atoms with Gasteiger partial charge in [0.1, 0.15) is 36.6 Å². The molecule has 9 atom stereocenters. The predicted octanol–water partition coefficient (Wildman–Crippen LogP) is 11.2. The minimum Gasteiger partial charge on any atom is -0.394 e. The molecule has 66 heavy (non-hydrogen) atoms. The van der Waals surface area contributed by atoms with Crippen molar-refractivity contribution in [3.05, 3.63) is 12.2 Å². The highest BCUT2D eigenvalue weighted by atomic mass is 16.7. The van der Waals surface area contributed by atoms with E-state index in [2.05, 4.69) is 31.3 Å². The van der Waals surface area contributed by atoms with Crippen LogP contribution in [0.15, 0.2) is 12.2 Å². The lowest BCUT2D eigenvalue weighted by Gasteiger charge is -2.40. The second-order valence-electron chi connectivity index (χ2n) is 20.0. The molecule has 0 aromatic heterocycles. The van der Waals surface area contributed by atoms with Gasteiger partial charge in [-0.3, -0.25) is 4.79 Å². The molecular weight excluding hydrogens is 835 g/mol. The zero-order chi connectivity index (χ0) is 48.3. The summed E-state index contributed by atoms with van der Waals surface area (Å²) in [6.07, 6.45) is 40.0. The number of aliphatic hydroxyl groups excluding tert-OH is 7. The van der Waals surface area contributed by atoms with Crippen LogP contribution in [-0.2, 0) is 14.3 Å². The SMILES string of the molecule is CCCCCCCCCCCCCCCCCCCCCCCC/C=C/CCCC(O)C(O)C(COC1OC(CO)C(O)C(O)C1O)NC(=O)C(O)CCCCCCCCCCCCCC. The number of aliphatic hydroxyl groups is 7. The molecule has 0 bridgehead atoms. The first-order valence-electron chi connectivity index (χ1n) is 28.1. The van der Waals surface area contributed by atoms with Crippen LogP contribution in [0, 0.1) is 0 Å². The zero-order valence-corrected chi connectivity index (χ0v) is 42.7. The van der Waals surface area contributed by atoms with Gasteiger partial charge in [0, 0.05) is 0 Å². The van der Waals surface area contributed by atoms with E-state index >= 15 is 0 Å². The van der Waals surface area contributed by atoms with Crippen LogP contribution in [0.4, 0.5) is 0 Å². The summed E-state index contributed by atoms with van der Waals surface area (Å²) in [6, 6.07) is -1.18. The topological polar surface area (TPSA) is 189 Å². The third-order valence-electron chi connectivity index (χ3n) is 13.8. The first-order chi connectivity index (χ1) is 32.2. The van der Waals surface area contributed by atoms with Crippen LogP contribution >= 0.6 is 0 Å². The van der Waals surface area contributed by atoms with Gasteiger partial charge in [0.05, 0.1) is 25.4 Å². The number of rotatable bonds is 48. The Balaban J connectivity index is 2.28. The average Bonchev–Trinajstić information content (AvgIpc) is 3.32. The maximum atomic E-state index is 13.1. The van der Waals surface area contributed by atoms with Crippen LogP contribution < -0.4 is 5.32 Å². The van der Waals surface area contributed by atoms with Crippen molar-refractivity contribution in [2.45, 2.75) is 319 Å². The third kappa shape index (κ3) is 33.4. The molecule has 0 spiro atoms. The molecule has 392 valence electrons. The molecule has 0 aromatic rings. The largest absolute Gasteiger partial charge is 0.394 e. The molecule has 0 saturated carbocycles. The molecule has 1 aliphatic rings. The Morgan fingerprint density at radius 3 is 1.30 bits per heavy atom. The van der Waals surface area contributed by atoms with Crippen molar-refractivity contribution in [3.63, 3.8) is 0 Å². The average molecular weight is 942 g/mol. The number of nitrogens with one attached hydrogen (secondary N) is 1. The van der Waals surface area contributed by atoms with Gasteiger partial charge >= 0.3 is 0 Å². The molecule has 1 aliphatic heterocycles. The number of hydrogen-bond donors (Lipinski definition) is 8. The quantitative estimate of drug-likeness (QED) is 0.0215. The van der Waals surface area contributed by atoms with Gasteiger partial charge in [-0.1, -0.05) is 238 Å². The molecule has 0 aliphatic carbocycles. The third-order valence-corrected chi connectivity index (χ3v) is 13.8. The lowest BCUT2D eigenvalue weighted by molar-refractivity contribution is -0.303. The summed E-state index contributed by atoms with van der Waals surface area (Å²) < 4.78 is 11.1. The van der Waals surface area contributed by atoms with Gasteiger partial charge in [0.15, 0.2) is 6.29 Å². The second-order valence-corrected chi connectivity index (χ2v) is 20.0. The first kappa shape index (κ1) is 62.9. The Kier molecular flexibility index (Phi) is 42.9. The molecule has 1 fully saturated rings. The van der Waals surface area contributed by atoms with Crippen LogP contribution in [0.3, 0.4) is 0 Å². The number of amides is 1. The predicted molar refractivity (Wildman–Crippen MR) is 270 cm³/mol. The highest BCUT2D eigenvalue weighted by Crippen LogP contribution is 2.23. The van der Waals surface area contributed by atoms with Crippen molar-refractivity contribution < 1.29 is 50.0 Å². The summed E-state index contributed by atoms with van der Waals surface area (Å²) in [5, 5.41) is 75.9. The monoisotopic (exact) mass is 942 g/mol. The number of unbranched alkanes of at least 4 members (excludes halogenated alkanes) is 34. The van der Waals surface area contributed by atoms with Crippen LogP contribution in [0.25, 0.3) is 0 Å². The van der Waals surface area contributed by atoms with Crippen LogP contribution in [0.2, 0.25) is 0 Å². The lowest BCUT2D eigenvalue weighted by atomic mass is 9.98. The highest BCUT2D eigenvalue weighted by molar-refractivity contribution is 5.80. The van der Waals surface area contributed by atoms with Crippen molar-refractivity contribution in [3.8, 4) is 0 Å². The van der Waals surface area contributed by atoms with E-state index in [1.54, 1.807) is 0 Å². The fourth-order valence-corrected chi connectivity index (χ4v) is 9.21. The van der Waals surface area contributed by atoms with E-state index in [0.717, 1.165) is 38.5 Å². The Hall–Kier alpha value is -1.15. The van der Waals surface area contributed by atoms with E-state index in [4.69, 9.17) is 9.47 Å². The normalized spacial score (nSPS) is 20.8. The summed E-state index contributed by atoms with van der Waals surface area (Å²) in [4.78, 5) is 13.1. The molecule has 0 aromatic carbocycles. The van der Waals surface area contributed by atoms with E-state index in [-0.39, 0.29) is 12.8 Å². The van der Waals surface area contributed by atoms with Gasteiger partial charge in [0.25, 0.3) is 0 Å². The highest BCUT2D eigenvalue weighted by Gasteiger charge is 2.44. The van der Waals surface area contributed by atoms with Crippen LogP contribution in [0.1, 0.15) is 264 Å². The smallest absolute Gasteiger partial charge is 0.249 e. The van der Waals surface area contributed by atoms with E-state index in [1.807, 2.05) is 0 Å². The molecule has 0 radical (unpaired) electrons.